The third kappa shape index (κ3) is 8.26. The van der Waals surface area contributed by atoms with E-state index < -0.39 is 0 Å². The molecule has 0 aliphatic heterocycles. The van der Waals surface area contributed by atoms with Crippen molar-refractivity contribution in [1.82, 2.24) is 10.6 Å². The largest absolute Gasteiger partial charge is 0.489 e. The average molecular weight is 417 g/mol. The Labute approximate surface area is 151 Å². The van der Waals surface area contributed by atoms with Gasteiger partial charge < -0.3 is 15.4 Å². The zero-order valence-corrected chi connectivity index (χ0v) is 15.9. The molecule has 2 N–H and O–H groups in total. The van der Waals surface area contributed by atoms with Crippen LogP contribution in [-0.2, 0) is 6.54 Å². The van der Waals surface area contributed by atoms with Crippen LogP contribution in [0.3, 0.4) is 0 Å². The van der Waals surface area contributed by atoms with E-state index in [-0.39, 0.29) is 24.0 Å². The first-order chi connectivity index (χ1) is 10.3. The fraction of sp³-hybridized carbons (Fsp3) is 0.471. The van der Waals surface area contributed by atoms with Gasteiger partial charge in [0.25, 0.3) is 0 Å². The number of hydrogen-bond acceptors (Lipinski definition) is 2. The molecule has 124 valence electrons. The molecule has 0 spiro atoms. The lowest BCUT2D eigenvalue weighted by Gasteiger charge is -2.12. The van der Waals surface area contributed by atoms with Gasteiger partial charge in [0.2, 0.25) is 0 Å². The number of unbranched alkanes of at least 4 members (excludes halogenated alkanes) is 1. The van der Waals surface area contributed by atoms with Gasteiger partial charge in [0.1, 0.15) is 12.4 Å². The molecule has 22 heavy (non-hydrogen) atoms. The molecule has 4 nitrogen and oxygen atoms in total. The van der Waals surface area contributed by atoms with Crippen LogP contribution in [0.1, 0.15) is 32.3 Å². The Morgan fingerprint density at radius 3 is 2.73 bits per heavy atom. The Kier molecular flexibility index (Phi) is 12.7. The van der Waals surface area contributed by atoms with Crippen LogP contribution in [0.4, 0.5) is 0 Å². The Hall–Kier alpha value is -1.24. The lowest BCUT2D eigenvalue weighted by atomic mass is 10.2. The van der Waals surface area contributed by atoms with Gasteiger partial charge in [0.15, 0.2) is 5.96 Å². The number of halogens is 1. The minimum Gasteiger partial charge on any atom is -0.489 e. The van der Waals surface area contributed by atoms with Gasteiger partial charge in [-0.15, -0.1) is 24.0 Å². The highest BCUT2D eigenvalue weighted by Crippen LogP contribution is 2.18. The minimum absolute atomic E-state index is 0. The van der Waals surface area contributed by atoms with Gasteiger partial charge in [-0.05, 0) is 19.4 Å². The van der Waals surface area contributed by atoms with E-state index in [4.69, 9.17) is 4.74 Å². The molecule has 0 saturated carbocycles. The average Bonchev–Trinajstić information content (AvgIpc) is 2.51. The van der Waals surface area contributed by atoms with Gasteiger partial charge in [0, 0.05) is 18.7 Å². The summed E-state index contributed by atoms with van der Waals surface area (Å²) in [6, 6.07) is 7.97. The smallest absolute Gasteiger partial charge is 0.191 e. The molecule has 0 amide bonds. The van der Waals surface area contributed by atoms with Crippen molar-refractivity contribution in [2.75, 3.05) is 19.7 Å². The molecule has 0 atom stereocenters. The van der Waals surface area contributed by atoms with E-state index in [1.54, 1.807) is 6.08 Å². The summed E-state index contributed by atoms with van der Waals surface area (Å²) in [5.41, 5.74) is 1.08. The summed E-state index contributed by atoms with van der Waals surface area (Å²) in [5.74, 6) is 1.72. The zero-order valence-electron chi connectivity index (χ0n) is 13.6. The summed E-state index contributed by atoms with van der Waals surface area (Å²) >= 11 is 0. The minimum atomic E-state index is 0. The number of nitrogens with one attached hydrogen (secondary N) is 2. The number of aliphatic imine (C=N–C) groups is 1. The molecule has 0 aromatic heterocycles. The molecular weight excluding hydrogens is 389 g/mol. The van der Waals surface area contributed by atoms with E-state index >= 15 is 0 Å². The molecule has 1 aromatic rings. The van der Waals surface area contributed by atoms with Crippen LogP contribution in [0.5, 0.6) is 5.75 Å². The third-order valence-electron chi connectivity index (χ3n) is 2.90. The topological polar surface area (TPSA) is 45.6 Å². The molecule has 0 aliphatic carbocycles. The number of guanidine groups is 1. The van der Waals surface area contributed by atoms with Crippen molar-refractivity contribution >= 4 is 29.9 Å². The summed E-state index contributed by atoms with van der Waals surface area (Å²) in [7, 11) is 0. The SMILES string of the molecule is C=CCOc1ccccc1CN=C(NCC)NCCCC.I. The zero-order chi connectivity index (χ0) is 15.3. The molecule has 0 aliphatic rings. The molecule has 0 unspecified atom stereocenters. The molecule has 5 heteroatoms. The van der Waals surface area contributed by atoms with E-state index in [1.807, 2.05) is 24.3 Å². The van der Waals surface area contributed by atoms with Crippen LogP contribution in [-0.4, -0.2) is 25.7 Å². The Morgan fingerprint density at radius 1 is 1.27 bits per heavy atom. The normalized spacial score (nSPS) is 10.5. The molecule has 0 heterocycles. The summed E-state index contributed by atoms with van der Waals surface area (Å²) in [5, 5.41) is 6.59. The number of ether oxygens (including phenoxy) is 1. The van der Waals surface area contributed by atoms with Crippen LogP contribution in [0.2, 0.25) is 0 Å². The van der Waals surface area contributed by atoms with Crippen molar-refractivity contribution in [2.24, 2.45) is 4.99 Å². The lowest BCUT2D eigenvalue weighted by Crippen LogP contribution is -2.37. The van der Waals surface area contributed by atoms with Gasteiger partial charge in [-0.25, -0.2) is 4.99 Å². The third-order valence-corrected chi connectivity index (χ3v) is 2.90. The molecule has 0 fully saturated rings. The van der Waals surface area contributed by atoms with Gasteiger partial charge in [0.05, 0.1) is 6.54 Å². The fourth-order valence-electron chi connectivity index (χ4n) is 1.81. The maximum Gasteiger partial charge on any atom is 0.191 e. The predicted molar refractivity (Wildman–Crippen MR) is 105 cm³/mol. The summed E-state index contributed by atoms with van der Waals surface area (Å²) < 4.78 is 5.65. The summed E-state index contributed by atoms with van der Waals surface area (Å²) in [4.78, 5) is 4.61. The Morgan fingerprint density at radius 2 is 2.05 bits per heavy atom. The number of para-hydroxylation sites is 1. The monoisotopic (exact) mass is 417 g/mol. The van der Waals surface area contributed by atoms with E-state index in [0.717, 1.165) is 36.8 Å². The molecule has 1 rings (SSSR count). The van der Waals surface area contributed by atoms with E-state index in [2.05, 4.69) is 36.1 Å². The van der Waals surface area contributed by atoms with Gasteiger partial charge in [-0.3, -0.25) is 0 Å². The first kappa shape index (κ1) is 20.8. The van der Waals surface area contributed by atoms with Crippen LogP contribution < -0.4 is 15.4 Å². The van der Waals surface area contributed by atoms with Crippen LogP contribution in [0.25, 0.3) is 0 Å². The first-order valence-corrected chi connectivity index (χ1v) is 7.65. The van der Waals surface area contributed by atoms with Gasteiger partial charge >= 0.3 is 0 Å². The van der Waals surface area contributed by atoms with Crippen LogP contribution >= 0.6 is 24.0 Å². The second-order valence-corrected chi connectivity index (χ2v) is 4.68. The van der Waals surface area contributed by atoms with Crippen LogP contribution in [0, 0.1) is 0 Å². The number of hydrogen-bond donors (Lipinski definition) is 2. The van der Waals surface area contributed by atoms with Crippen molar-refractivity contribution in [3.8, 4) is 5.75 Å². The molecule has 0 saturated heterocycles. The predicted octanol–water partition coefficient (Wildman–Crippen LogP) is 3.72. The molecule has 1 aromatic carbocycles. The van der Waals surface area contributed by atoms with Gasteiger partial charge in [-0.2, -0.15) is 0 Å². The molecular formula is C17H28IN3O. The second-order valence-electron chi connectivity index (χ2n) is 4.68. The molecule has 0 bridgehead atoms. The maximum atomic E-state index is 5.65. The highest BCUT2D eigenvalue weighted by Gasteiger charge is 2.02. The van der Waals surface area contributed by atoms with Gasteiger partial charge in [-0.1, -0.05) is 44.2 Å². The summed E-state index contributed by atoms with van der Waals surface area (Å²) in [6.07, 6.45) is 4.06. The lowest BCUT2D eigenvalue weighted by molar-refractivity contribution is 0.359. The number of rotatable bonds is 9. The first-order valence-electron chi connectivity index (χ1n) is 7.65. The van der Waals surface area contributed by atoms with Crippen molar-refractivity contribution in [3.05, 3.63) is 42.5 Å². The van der Waals surface area contributed by atoms with Crippen molar-refractivity contribution in [3.63, 3.8) is 0 Å². The highest BCUT2D eigenvalue weighted by molar-refractivity contribution is 14.0. The fourth-order valence-corrected chi connectivity index (χ4v) is 1.81. The standard InChI is InChI=1S/C17H27N3O.HI/c1-4-7-12-19-17(18-6-3)20-14-15-10-8-9-11-16(15)21-13-5-2;/h5,8-11H,2,4,6-7,12-14H2,1,3H3,(H2,18,19,20);1H. The van der Waals surface area contributed by atoms with Crippen molar-refractivity contribution in [1.29, 1.82) is 0 Å². The molecule has 0 radical (unpaired) electrons. The van der Waals surface area contributed by atoms with Crippen molar-refractivity contribution in [2.45, 2.75) is 33.2 Å². The van der Waals surface area contributed by atoms with E-state index in [0.29, 0.717) is 13.2 Å². The maximum absolute atomic E-state index is 5.65. The van der Waals surface area contributed by atoms with Crippen LogP contribution in [0.15, 0.2) is 41.9 Å². The summed E-state index contributed by atoms with van der Waals surface area (Å²) in [6.45, 7) is 10.8. The Balaban J connectivity index is 0.00000441. The number of benzene rings is 1. The Bertz CT molecular complexity index is 449. The number of nitrogens with zero attached hydrogens (tertiary/aromatic N) is 1. The quantitative estimate of drug-likeness (QED) is 0.212. The second kappa shape index (κ2) is 13.4. The van der Waals surface area contributed by atoms with E-state index in [9.17, 15) is 0 Å². The van der Waals surface area contributed by atoms with Crippen molar-refractivity contribution < 1.29 is 4.74 Å². The highest BCUT2D eigenvalue weighted by atomic mass is 127. The van der Waals surface area contributed by atoms with E-state index in [1.165, 1.54) is 6.42 Å².